The zero-order chi connectivity index (χ0) is 12.5. The largest absolute Gasteiger partial charge is 0.288 e. The van der Waals surface area contributed by atoms with Crippen LogP contribution in [0.15, 0.2) is 21.9 Å². The number of hydrogen-bond acceptors (Lipinski definition) is 6. The Hall–Kier alpha value is -1.30. The van der Waals surface area contributed by atoms with Crippen LogP contribution in [0.5, 0.6) is 0 Å². The van der Waals surface area contributed by atoms with Crippen molar-refractivity contribution in [2.45, 2.75) is 9.79 Å². The van der Waals surface area contributed by atoms with Gasteiger partial charge >= 0.3 is 0 Å². The van der Waals surface area contributed by atoms with Gasteiger partial charge in [0.1, 0.15) is 11.0 Å². The third-order valence-corrected chi connectivity index (χ3v) is 3.57. The molecule has 0 N–H and O–H groups in total. The molecule has 0 fully saturated rings. The molecule has 0 saturated carbocycles. The first-order valence-electron chi connectivity index (χ1n) is 3.64. The van der Waals surface area contributed by atoms with Crippen LogP contribution in [0.25, 0.3) is 0 Å². The summed E-state index contributed by atoms with van der Waals surface area (Å²) in [5.41, 5.74) is -1.24. The molecule has 1 rings (SSSR count). The molecule has 0 aliphatic heterocycles. The Morgan fingerprint density at radius 1 is 1.50 bits per heavy atom. The molecular formula is C7H3ClN2O4S2. The van der Waals surface area contributed by atoms with E-state index in [1.54, 1.807) is 0 Å². The van der Waals surface area contributed by atoms with Gasteiger partial charge in [-0.05, 0) is 6.07 Å². The highest BCUT2D eigenvalue weighted by Gasteiger charge is 2.27. The second-order valence-electron chi connectivity index (χ2n) is 2.61. The first-order valence-corrected chi connectivity index (χ1v) is 6.39. The van der Waals surface area contributed by atoms with Crippen LogP contribution in [0, 0.1) is 21.4 Å². The predicted molar refractivity (Wildman–Crippen MR) is 58.1 cm³/mol. The number of hydrogen-bond donors (Lipinski definition) is 1. The SMILES string of the molecule is N#Cc1c([N+](=O)[O-])ccc(S)c1S(=O)(=O)Cl. The van der Waals surface area contributed by atoms with Crippen molar-refractivity contribution in [3.05, 3.63) is 27.8 Å². The Labute approximate surface area is 100 Å². The average molecular weight is 279 g/mol. The summed E-state index contributed by atoms with van der Waals surface area (Å²) in [7, 11) is 0.811. The van der Waals surface area contributed by atoms with Crippen molar-refractivity contribution in [3.63, 3.8) is 0 Å². The summed E-state index contributed by atoms with van der Waals surface area (Å²) >= 11 is 3.79. The number of benzene rings is 1. The van der Waals surface area contributed by atoms with Gasteiger partial charge in [-0.15, -0.1) is 12.6 Å². The Balaban J connectivity index is 3.81. The Kier molecular flexibility index (Phi) is 3.42. The minimum absolute atomic E-state index is 0.114. The van der Waals surface area contributed by atoms with Crippen LogP contribution in [-0.2, 0) is 9.05 Å². The highest BCUT2D eigenvalue weighted by atomic mass is 35.7. The van der Waals surface area contributed by atoms with Gasteiger partial charge < -0.3 is 0 Å². The van der Waals surface area contributed by atoms with Crippen LogP contribution in [0.1, 0.15) is 5.56 Å². The van der Waals surface area contributed by atoms with Gasteiger partial charge in [-0.2, -0.15) is 5.26 Å². The topological polar surface area (TPSA) is 101 Å². The summed E-state index contributed by atoms with van der Waals surface area (Å²) in [6.07, 6.45) is 0. The fourth-order valence-electron chi connectivity index (χ4n) is 1.07. The molecule has 1 aromatic carbocycles. The van der Waals surface area contributed by atoms with E-state index in [4.69, 9.17) is 15.9 Å². The van der Waals surface area contributed by atoms with E-state index < -0.39 is 30.1 Å². The van der Waals surface area contributed by atoms with E-state index in [9.17, 15) is 18.5 Å². The van der Waals surface area contributed by atoms with Crippen molar-refractivity contribution in [2.75, 3.05) is 0 Å². The molecular weight excluding hydrogens is 276 g/mol. The fourth-order valence-corrected chi connectivity index (χ4v) is 2.97. The maximum atomic E-state index is 11.2. The van der Waals surface area contributed by atoms with Crippen LogP contribution >= 0.6 is 23.3 Å². The quantitative estimate of drug-likeness (QED) is 0.384. The van der Waals surface area contributed by atoms with Crippen molar-refractivity contribution >= 4 is 38.0 Å². The monoisotopic (exact) mass is 278 g/mol. The minimum Gasteiger partial charge on any atom is -0.258 e. The van der Waals surface area contributed by atoms with Gasteiger partial charge in [0, 0.05) is 21.6 Å². The number of nitriles is 1. The van der Waals surface area contributed by atoms with Gasteiger partial charge in [-0.3, -0.25) is 10.1 Å². The molecule has 0 saturated heterocycles. The van der Waals surface area contributed by atoms with Crippen LogP contribution in [-0.4, -0.2) is 13.3 Å². The van der Waals surface area contributed by atoms with Crippen LogP contribution in [0.3, 0.4) is 0 Å². The molecule has 0 amide bonds. The lowest BCUT2D eigenvalue weighted by atomic mass is 10.2. The molecule has 0 atom stereocenters. The summed E-state index contributed by atoms with van der Waals surface area (Å²) < 4.78 is 22.3. The van der Waals surface area contributed by atoms with Gasteiger partial charge in [-0.25, -0.2) is 8.42 Å². The molecule has 0 aliphatic rings. The molecule has 1 aromatic rings. The smallest absolute Gasteiger partial charge is 0.258 e. The highest BCUT2D eigenvalue weighted by molar-refractivity contribution is 8.14. The van der Waals surface area contributed by atoms with Crippen LogP contribution < -0.4 is 0 Å². The molecule has 0 bridgehead atoms. The molecule has 0 radical (unpaired) electrons. The molecule has 0 aromatic heterocycles. The van der Waals surface area contributed by atoms with Crippen LogP contribution in [0.2, 0.25) is 0 Å². The van der Waals surface area contributed by atoms with Gasteiger partial charge in [0.15, 0.2) is 5.56 Å². The van der Waals surface area contributed by atoms with Crippen molar-refractivity contribution in [3.8, 4) is 6.07 Å². The second kappa shape index (κ2) is 4.29. The standard InChI is InChI=1S/C7H3ClN2O4S2/c8-16(13,14)7-4(3-9)5(10(11)12)1-2-6(7)15/h1-2,15H. The second-order valence-corrected chi connectivity index (χ2v) is 5.60. The fraction of sp³-hybridized carbons (Fsp3) is 0. The van der Waals surface area contributed by atoms with Gasteiger partial charge in [0.05, 0.1) is 4.92 Å². The van der Waals surface area contributed by atoms with E-state index in [2.05, 4.69) is 12.6 Å². The number of halogens is 1. The highest BCUT2D eigenvalue weighted by Crippen LogP contribution is 2.32. The lowest BCUT2D eigenvalue weighted by Gasteiger charge is -2.03. The predicted octanol–water partition coefficient (Wildman–Crippen LogP) is 1.68. The lowest BCUT2D eigenvalue weighted by Crippen LogP contribution is -2.01. The van der Waals surface area contributed by atoms with E-state index in [1.165, 1.54) is 6.07 Å². The van der Waals surface area contributed by atoms with Crippen molar-refractivity contribution in [1.82, 2.24) is 0 Å². The number of thiol groups is 1. The third-order valence-electron chi connectivity index (χ3n) is 1.67. The van der Waals surface area contributed by atoms with Crippen LogP contribution in [0.4, 0.5) is 5.69 Å². The summed E-state index contributed by atoms with van der Waals surface area (Å²) in [6, 6.07) is 3.53. The first kappa shape index (κ1) is 12.8. The normalized spacial score (nSPS) is 10.8. The van der Waals surface area contributed by atoms with Gasteiger partial charge in [-0.1, -0.05) is 0 Å². The van der Waals surface area contributed by atoms with E-state index in [0.29, 0.717) is 0 Å². The van der Waals surface area contributed by atoms with E-state index in [0.717, 1.165) is 12.1 Å². The first-order chi connectivity index (χ1) is 7.29. The molecule has 16 heavy (non-hydrogen) atoms. The average Bonchev–Trinajstić information content (AvgIpc) is 2.14. The van der Waals surface area contributed by atoms with Crippen molar-refractivity contribution in [1.29, 1.82) is 5.26 Å². The Morgan fingerprint density at radius 2 is 2.06 bits per heavy atom. The number of nitrogens with zero attached hydrogens (tertiary/aromatic N) is 2. The molecule has 6 nitrogen and oxygen atoms in total. The molecule has 0 heterocycles. The number of rotatable bonds is 2. The molecule has 0 aliphatic carbocycles. The van der Waals surface area contributed by atoms with E-state index in [1.807, 2.05) is 0 Å². The lowest BCUT2D eigenvalue weighted by molar-refractivity contribution is -0.385. The summed E-state index contributed by atoms with van der Waals surface area (Å²) in [5.74, 6) is 0. The molecule has 0 spiro atoms. The molecule has 0 unspecified atom stereocenters. The van der Waals surface area contributed by atoms with Gasteiger partial charge in [0.25, 0.3) is 14.7 Å². The van der Waals surface area contributed by atoms with E-state index >= 15 is 0 Å². The Bertz CT molecular complexity index is 606. The minimum atomic E-state index is -4.26. The zero-order valence-corrected chi connectivity index (χ0v) is 9.88. The Morgan fingerprint density at radius 3 is 2.44 bits per heavy atom. The van der Waals surface area contributed by atoms with E-state index in [-0.39, 0.29) is 4.90 Å². The molecule has 9 heteroatoms. The van der Waals surface area contributed by atoms with Gasteiger partial charge in [0.2, 0.25) is 0 Å². The number of nitro benzene ring substituents is 1. The summed E-state index contributed by atoms with van der Waals surface area (Å²) in [6.45, 7) is 0. The third kappa shape index (κ3) is 2.27. The number of nitro groups is 1. The molecule has 84 valence electrons. The summed E-state index contributed by atoms with van der Waals surface area (Å²) in [4.78, 5) is 8.94. The zero-order valence-electron chi connectivity index (χ0n) is 7.42. The van der Waals surface area contributed by atoms with Crippen molar-refractivity contribution in [2.24, 2.45) is 0 Å². The maximum Gasteiger partial charge on any atom is 0.288 e. The van der Waals surface area contributed by atoms with Crippen molar-refractivity contribution < 1.29 is 13.3 Å². The summed E-state index contributed by atoms with van der Waals surface area (Å²) in [5, 5.41) is 19.3. The maximum absolute atomic E-state index is 11.2.